The molecule has 1 aliphatic heterocycles. The summed E-state index contributed by atoms with van der Waals surface area (Å²) >= 11 is 0. The SMILES string of the molecule is CC1(C(=O)O)CCN(C(=O)C(C)(C)c2ccccc2)CC1. The van der Waals surface area contributed by atoms with E-state index < -0.39 is 16.8 Å². The summed E-state index contributed by atoms with van der Waals surface area (Å²) in [6, 6.07) is 9.72. The lowest BCUT2D eigenvalue weighted by Gasteiger charge is -2.40. The summed E-state index contributed by atoms with van der Waals surface area (Å²) < 4.78 is 0. The maximum Gasteiger partial charge on any atom is 0.309 e. The molecule has 0 saturated carbocycles. The number of carbonyl (C=O) groups excluding carboxylic acids is 1. The van der Waals surface area contributed by atoms with Gasteiger partial charge in [0.15, 0.2) is 0 Å². The molecule has 2 rings (SSSR count). The second-order valence-corrected chi connectivity index (χ2v) is 6.65. The molecule has 0 aromatic heterocycles. The first-order valence-electron chi connectivity index (χ1n) is 7.36. The highest BCUT2D eigenvalue weighted by Crippen LogP contribution is 2.33. The highest BCUT2D eigenvalue weighted by atomic mass is 16.4. The summed E-state index contributed by atoms with van der Waals surface area (Å²) in [6.45, 7) is 6.64. The normalized spacial score (nSPS) is 18.3. The van der Waals surface area contributed by atoms with E-state index in [2.05, 4.69) is 0 Å². The van der Waals surface area contributed by atoms with Gasteiger partial charge in [0.2, 0.25) is 5.91 Å². The molecule has 1 saturated heterocycles. The molecule has 0 unspecified atom stereocenters. The zero-order valence-electron chi connectivity index (χ0n) is 12.9. The lowest BCUT2D eigenvalue weighted by atomic mass is 9.78. The average molecular weight is 289 g/mol. The van der Waals surface area contributed by atoms with Crippen LogP contribution in [0.5, 0.6) is 0 Å². The maximum atomic E-state index is 12.8. The topological polar surface area (TPSA) is 57.6 Å². The molecule has 4 heteroatoms. The predicted octanol–water partition coefficient (Wildman–Crippen LogP) is 2.68. The van der Waals surface area contributed by atoms with Crippen LogP contribution in [0.15, 0.2) is 30.3 Å². The average Bonchev–Trinajstić information content (AvgIpc) is 2.48. The van der Waals surface area contributed by atoms with Crippen molar-refractivity contribution in [2.24, 2.45) is 5.41 Å². The van der Waals surface area contributed by atoms with Crippen molar-refractivity contribution in [3.63, 3.8) is 0 Å². The summed E-state index contributed by atoms with van der Waals surface area (Å²) in [5, 5.41) is 9.26. The number of aliphatic carboxylic acids is 1. The third kappa shape index (κ3) is 2.94. The zero-order chi connectivity index (χ0) is 15.7. The van der Waals surface area contributed by atoms with Gasteiger partial charge in [-0.3, -0.25) is 9.59 Å². The fraction of sp³-hybridized carbons (Fsp3) is 0.529. The molecular formula is C17H23NO3. The van der Waals surface area contributed by atoms with Crippen LogP contribution in [0.4, 0.5) is 0 Å². The predicted molar refractivity (Wildman–Crippen MR) is 81.0 cm³/mol. The Morgan fingerprint density at radius 3 is 2.14 bits per heavy atom. The first-order valence-corrected chi connectivity index (χ1v) is 7.36. The van der Waals surface area contributed by atoms with Crippen molar-refractivity contribution in [2.75, 3.05) is 13.1 Å². The standard InChI is InChI=1S/C17H23NO3/c1-16(2,13-7-5-4-6-8-13)14(19)18-11-9-17(3,10-12-18)15(20)21/h4-8H,9-12H2,1-3H3,(H,20,21). The Balaban J connectivity index is 2.10. The van der Waals surface area contributed by atoms with Crippen LogP contribution in [-0.2, 0) is 15.0 Å². The molecule has 114 valence electrons. The third-order valence-corrected chi connectivity index (χ3v) is 4.70. The lowest BCUT2D eigenvalue weighted by molar-refractivity contribution is -0.153. The van der Waals surface area contributed by atoms with Crippen LogP contribution in [0.3, 0.4) is 0 Å². The van der Waals surface area contributed by atoms with Gasteiger partial charge < -0.3 is 10.0 Å². The summed E-state index contributed by atoms with van der Waals surface area (Å²) in [4.78, 5) is 25.9. The number of amides is 1. The van der Waals surface area contributed by atoms with Crippen molar-refractivity contribution >= 4 is 11.9 Å². The summed E-state index contributed by atoms with van der Waals surface area (Å²) in [6.07, 6.45) is 1.03. The fourth-order valence-electron chi connectivity index (χ4n) is 2.79. The van der Waals surface area contributed by atoms with Gasteiger partial charge in [-0.25, -0.2) is 0 Å². The molecule has 0 aliphatic carbocycles. The minimum Gasteiger partial charge on any atom is -0.481 e. The lowest BCUT2D eigenvalue weighted by Crippen LogP contribution is -2.50. The Morgan fingerprint density at radius 1 is 1.14 bits per heavy atom. The zero-order valence-corrected chi connectivity index (χ0v) is 12.9. The number of piperidine rings is 1. The molecular weight excluding hydrogens is 266 g/mol. The summed E-state index contributed by atoms with van der Waals surface area (Å²) in [7, 11) is 0. The molecule has 1 amide bonds. The monoisotopic (exact) mass is 289 g/mol. The van der Waals surface area contributed by atoms with Gasteiger partial charge in [-0.1, -0.05) is 30.3 Å². The first kappa shape index (κ1) is 15.5. The van der Waals surface area contributed by atoms with Crippen LogP contribution < -0.4 is 0 Å². The summed E-state index contributed by atoms with van der Waals surface area (Å²) in [5.74, 6) is -0.696. The maximum absolute atomic E-state index is 12.8. The Morgan fingerprint density at radius 2 is 1.67 bits per heavy atom. The van der Waals surface area contributed by atoms with E-state index >= 15 is 0 Å². The van der Waals surface area contributed by atoms with Crippen LogP contribution in [0.25, 0.3) is 0 Å². The highest BCUT2D eigenvalue weighted by Gasteiger charge is 2.41. The van der Waals surface area contributed by atoms with Crippen molar-refractivity contribution in [3.05, 3.63) is 35.9 Å². The Hall–Kier alpha value is -1.84. The van der Waals surface area contributed by atoms with E-state index in [-0.39, 0.29) is 5.91 Å². The van der Waals surface area contributed by atoms with Crippen molar-refractivity contribution in [1.82, 2.24) is 4.90 Å². The first-order chi connectivity index (χ1) is 9.77. The van der Waals surface area contributed by atoms with Crippen molar-refractivity contribution in [3.8, 4) is 0 Å². The minimum absolute atomic E-state index is 0.0705. The van der Waals surface area contributed by atoms with Gasteiger partial charge in [0, 0.05) is 13.1 Å². The number of likely N-dealkylation sites (tertiary alicyclic amines) is 1. The fourth-order valence-corrected chi connectivity index (χ4v) is 2.79. The largest absolute Gasteiger partial charge is 0.481 e. The highest BCUT2D eigenvalue weighted by molar-refractivity contribution is 5.87. The Bertz CT molecular complexity index is 528. The van der Waals surface area contributed by atoms with E-state index in [1.165, 1.54) is 0 Å². The molecule has 0 atom stereocenters. The molecule has 1 aromatic rings. The van der Waals surface area contributed by atoms with Crippen molar-refractivity contribution in [1.29, 1.82) is 0 Å². The molecule has 1 aromatic carbocycles. The van der Waals surface area contributed by atoms with Crippen LogP contribution in [-0.4, -0.2) is 35.0 Å². The molecule has 4 nitrogen and oxygen atoms in total. The van der Waals surface area contributed by atoms with Gasteiger partial charge in [-0.2, -0.15) is 0 Å². The Labute approximate surface area is 125 Å². The van der Waals surface area contributed by atoms with Crippen LogP contribution in [0.1, 0.15) is 39.2 Å². The number of rotatable bonds is 3. The van der Waals surface area contributed by atoms with Gasteiger partial charge in [-0.05, 0) is 39.2 Å². The Kier molecular flexibility index (Phi) is 4.08. The third-order valence-electron chi connectivity index (χ3n) is 4.70. The molecule has 0 spiro atoms. The van der Waals surface area contributed by atoms with Crippen LogP contribution >= 0.6 is 0 Å². The van der Waals surface area contributed by atoms with E-state index in [1.54, 1.807) is 11.8 Å². The number of carbonyl (C=O) groups is 2. The quantitative estimate of drug-likeness (QED) is 0.930. The van der Waals surface area contributed by atoms with E-state index in [1.807, 2.05) is 44.2 Å². The number of hydrogen-bond donors (Lipinski definition) is 1. The van der Waals surface area contributed by atoms with E-state index in [0.29, 0.717) is 25.9 Å². The molecule has 1 aliphatic rings. The summed E-state index contributed by atoms with van der Waals surface area (Å²) in [5.41, 5.74) is -0.298. The number of benzene rings is 1. The van der Waals surface area contributed by atoms with Gasteiger partial charge >= 0.3 is 5.97 Å². The molecule has 1 N–H and O–H groups in total. The van der Waals surface area contributed by atoms with Gasteiger partial charge in [0.05, 0.1) is 10.8 Å². The van der Waals surface area contributed by atoms with Crippen molar-refractivity contribution < 1.29 is 14.7 Å². The van der Waals surface area contributed by atoms with Crippen LogP contribution in [0, 0.1) is 5.41 Å². The van der Waals surface area contributed by atoms with E-state index in [4.69, 9.17) is 0 Å². The van der Waals surface area contributed by atoms with Gasteiger partial charge in [0.25, 0.3) is 0 Å². The minimum atomic E-state index is -0.767. The number of nitrogens with zero attached hydrogens (tertiary/aromatic N) is 1. The molecule has 0 bridgehead atoms. The second kappa shape index (κ2) is 5.51. The van der Waals surface area contributed by atoms with E-state index in [0.717, 1.165) is 5.56 Å². The molecule has 21 heavy (non-hydrogen) atoms. The number of carboxylic acid groups (broad SMARTS) is 1. The van der Waals surface area contributed by atoms with Gasteiger partial charge in [-0.15, -0.1) is 0 Å². The smallest absolute Gasteiger partial charge is 0.309 e. The molecule has 1 fully saturated rings. The molecule has 0 radical (unpaired) electrons. The number of carboxylic acids is 1. The van der Waals surface area contributed by atoms with Gasteiger partial charge in [0.1, 0.15) is 0 Å². The van der Waals surface area contributed by atoms with Crippen LogP contribution in [0.2, 0.25) is 0 Å². The van der Waals surface area contributed by atoms with E-state index in [9.17, 15) is 14.7 Å². The second-order valence-electron chi connectivity index (χ2n) is 6.65. The molecule has 1 heterocycles. The van der Waals surface area contributed by atoms with Crippen molar-refractivity contribution in [2.45, 2.75) is 39.0 Å². The number of hydrogen-bond acceptors (Lipinski definition) is 2.